The Kier molecular flexibility index (Phi) is 5.42. The van der Waals surface area contributed by atoms with Gasteiger partial charge in [0, 0.05) is 6.04 Å². The molecule has 5 nitrogen and oxygen atoms in total. The van der Waals surface area contributed by atoms with Crippen LogP contribution >= 0.6 is 0 Å². The van der Waals surface area contributed by atoms with Gasteiger partial charge >= 0.3 is 5.69 Å². The summed E-state index contributed by atoms with van der Waals surface area (Å²) in [5.74, 6) is 1.14. The maximum absolute atomic E-state index is 11.3. The molecule has 1 aliphatic carbocycles. The van der Waals surface area contributed by atoms with Crippen molar-refractivity contribution in [1.82, 2.24) is 0 Å². The van der Waals surface area contributed by atoms with Crippen LogP contribution in [-0.4, -0.2) is 18.1 Å². The first kappa shape index (κ1) is 15.6. The van der Waals surface area contributed by atoms with Crippen molar-refractivity contribution in [2.75, 3.05) is 12.4 Å². The van der Waals surface area contributed by atoms with Crippen molar-refractivity contribution in [2.24, 2.45) is 5.92 Å². The maximum atomic E-state index is 11.3. The number of para-hydroxylation sites is 1. The highest BCUT2D eigenvalue weighted by molar-refractivity contribution is 5.68. The fourth-order valence-electron chi connectivity index (χ4n) is 3.22. The van der Waals surface area contributed by atoms with Crippen LogP contribution in [0.15, 0.2) is 18.2 Å². The van der Waals surface area contributed by atoms with Gasteiger partial charge in [0.1, 0.15) is 5.69 Å². The molecule has 1 fully saturated rings. The summed E-state index contributed by atoms with van der Waals surface area (Å²) in [6.07, 6.45) is 7.13. The number of benzene rings is 1. The van der Waals surface area contributed by atoms with Crippen molar-refractivity contribution in [3.63, 3.8) is 0 Å². The number of hydrogen-bond donors (Lipinski definition) is 1. The highest BCUT2D eigenvalue weighted by Gasteiger charge is 2.25. The first-order chi connectivity index (χ1) is 10.2. The second kappa shape index (κ2) is 7.29. The quantitative estimate of drug-likeness (QED) is 0.624. The van der Waals surface area contributed by atoms with E-state index in [1.807, 2.05) is 0 Å². The predicted molar refractivity (Wildman–Crippen MR) is 83.9 cm³/mol. The number of anilines is 1. The number of nitro groups is 1. The number of nitrogens with one attached hydrogen (secondary N) is 1. The normalized spacial score (nSPS) is 21.8. The average molecular weight is 292 g/mol. The molecule has 1 aliphatic rings. The van der Waals surface area contributed by atoms with Crippen LogP contribution in [0.1, 0.15) is 45.4 Å². The molecule has 0 atom stereocenters. The van der Waals surface area contributed by atoms with Crippen LogP contribution in [-0.2, 0) is 0 Å². The van der Waals surface area contributed by atoms with E-state index < -0.39 is 0 Å². The molecule has 0 saturated heterocycles. The number of nitrogens with zero attached hydrogens (tertiary/aromatic N) is 1. The highest BCUT2D eigenvalue weighted by atomic mass is 16.6. The number of methoxy groups -OCH3 is 1. The molecule has 1 saturated carbocycles. The van der Waals surface area contributed by atoms with Gasteiger partial charge in [0.25, 0.3) is 0 Å². The molecule has 0 amide bonds. The van der Waals surface area contributed by atoms with Gasteiger partial charge in [-0.2, -0.15) is 0 Å². The summed E-state index contributed by atoms with van der Waals surface area (Å²) in [4.78, 5) is 10.9. The fraction of sp³-hybridized carbons (Fsp3) is 0.625. The van der Waals surface area contributed by atoms with Crippen LogP contribution in [0.3, 0.4) is 0 Å². The van der Waals surface area contributed by atoms with Crippen LogP contribution in [0.5, 0.6) is 5.75 Å². The molecular weight excluding hydrogens is 268 g/mol. The molecule has 0 spiro atoms. The van der Waals surface area contributed by atoms with E-state index in [4.69, 9.17) is 4.74 Å². The van der Waals surface area contributed by atoms with Gasteiger partial charge in [-0.25, -0.2) is 0 Å². The third kappa shape index (κ3) is 3.86. The van der Waals surface area contributed by atoms with Gasteiger partial charge in [-0.15, -0.1) is 0 Å². The van der Waals surface area contributed by atoms with Crippen LogP contribution in [0.4, 0.5) is 11.4 Å². The van der Waals surface area contributed by atoms with E-state index in [0.29, 0.717) is 17.5 Å². The minimum Gasteiger partial charge on any atom is -0.490 e. The van der Waals surface area contributed by atoms with Crippen molar-refractivity contribution >= 4 is 11.4 Å². The Morgan fingerprint density at radius 2 is 2.05 bits per heavy atom. The molecule has 5 heteroatoms. The lowest BCUT2D eigenvalue weighted by Crippen LogP contribution is -2.26. The van der Waals surface area contributed by atoms with Crippen LogP contribution in [0, 0.1) is 16.0 Å². The number of nitro benzene ring substituents is 1. The van der Waals surface area contributed by atoms with Gasteiger partial charge < -0.3 is 10.1 Å². The van der Waals surface area contributed by atoms with Gasteiger partial charge in [0.2, 0.25) is 0 Å². The zero-order valence-electron chi connectivity index (χ0n) is 12.8. The van der Waals surface area contributed by atoms with E-state index in [9.17, 15) is 10.1 Å². The SMILES string of the molecule is CCCC1CCC(Nc2cccc(OC)c2[N+](=O)[O-])CC1. The van der Waals surface area contributed by atoms with Gasteiger partial charge in [0.05, 0.1) is 12.0 Å². The van der Waals surface area contributed by atoms with E-state index in [2.05, 4.69) is 12.2 Å². The number of rotatable bonds is 6. The fourth-order valence-corrected chi connectivity index (χ4v) is 3.22. The zero-order valence-corrected chi connectivity index (χ0v) is 12.8. The Hall–Kier alpha value is -1.78. The van der Waals surface area contributed by atoms with Crippen LogP contribution in [0.2, 0.25) is 0 Å². The van der Waals surface area contributed by atoms with Gasteiger partial charge in [-0.3, -0.25) is 10.1 Å². The summed E-state index contributed by atoms with van der Waals surface area (Å²) in [5, 5.41) is 14.6. The molecule has 0 unspecified atom stereocenters. The molecule has 116 valence electrons. The second-order valence-electron chi connectivity index (χ2n) is 5.76. The molecule has 21 heavy (non-hydrogen) atoms. The van der Waals surface area contributed by atoms with Crippen LogP contribution in [0.25, 0.3) is 0 Å². The summed E-state index contributed by atoms with van der Waals surface area (Å²) in [5.41, 5.74) is 0.606. The molecular formula is C16H24N2O3. The third-order valence-electron chi connectivity index (χ3n) is 4.30. The van der Waals surface area contributed by atoms with Crippen molar-refractivity contribution in [3.05, 3.63) is 28.3 Å². The van der Waals surface area contributed by atoms with Crippen molar-refractivity contribution < 1.29 is 9.66 Å². The molecule has 0 aliphatic heterocycles. The lowest BCUT2D eigenvalue weighted by Gasteiger charge is -2.29. The summed E-state index contributed by atoms with van der Waals surface area (Å²) in [6.45, 7) is 2.23. The number of hydrogen-bond acceptors (Lipinski definition) is 4. The lowest BCUT2D eigenvalue weighted by molar-refractivity contribution is -0.384. The molecule has 1 aromatic rings. The Morgan fingerprint density at radius 3 is 2.62 bits per heavy atom. The standard InChI is InChI=1S/C16H24N2O3/c1-3-5-12-8-10-13(11-9-12)17-14-6-4-7-15(21-2)16(14)18(19)20/h4,6-7,12-13,17H,3,5,8-11H2,1-2H3. The summed E-state index contributed by atoms with van der Waals surface area (Å²) in [7, 11) is 1.46. The van der Waals surface area contributed by atoms with Crippen molar-refractivity contribution in [2.45, 2.75) is 51.5 Å². The molecule has 0 bridgehead atoms. The zero-order chi connectivity index (χ0) is 15.2. The van der Waals surface area contributed by atoms with E-state index in [-0.39, 0.29) is 10.6 Å². The Bertz CT molecular complexity index is 482. The summed E-state index contributed by atoms with van der Waals surface area (Å²) >= 11 is 0. The second-order valence-corrected chi connectivity index (χ2v) is 5.76. The molecule has 1 N–H and O–H groups in total. The predicted octanol–water partition coefficient (Wildman–Crippen LogP) is 4.37. The Morgan fingerprint density at radius 1 is 1.33 bits per heavy atom. The molecule has 0 radical (unpaired) electrons. The van der Waals surface area contributed by atoms with E-state index >= 15 is 0 Å². The van der Waals surface area contributed by atoms with Gasteiger partial charge in [-0.1, -0.05) is 25.8 Å². The molecule has 0 heterocycles. The number of ether oxygens (including phenoxy) is 1. The molecule has 2 rings (SSSR count). The van der Waals surface area contributed by atoms with E-state index in [1.54, 1.807) is 18.2 Å². The molecule has 1 aromatic carbocycles. The summed E-state index contributed by atoms with van der Waals surface area (Å²) in [6, 6.07) is 5.50. The Labute approximate surface area is 125 Å². The third-order valence-corrected chi connectivity index (χ3v) is 4.30. The average Bonchev–Trinajstić information content (AvgIpc) is 2.49. The molecule has 0 aromatic heterocycles. The maximum Gasteiger partial charge on any atom is 0.333 e. The van der Waals surface area contributed by atoms with Gasteiger partial charge in [-0.05, 0) is 43.7 Å². The Balaban J connectivity index is 2.05. The minimum absolute atomic E-state index is 0.0377. The van der Waals surface area contributed by atoms with E-state index in [0.717, 1.165) is 18.8 Å². The van der Waals surface area contributed by atoms with Crippen LogP contribution < -0.4 is 10.1 Å². The monoisotopic (exact) mass is 292 g/mol. The van der Waals surface area contributed by atoms with Crippen molar-refractivity contribution in [1.29, 1.82) is 0 Å². The topological polar surface area (TPSA) is 64.4 Å². The largest absolute Gasteiger partial charge is 0.490 e. The first-order valence-corrected chi connectivity index (χ1v) is 7.73. The van der Waals surface area contributed by atoms with E-state index in [1.165, 1.54) is 32.8 Å². The van der Waals surface area contributed by atoms with Crippen molar-refractivity contribution in [3.8, 4) is 5.75 Å². The van der Waals surface area contributed by atoms with Gasteiger partial charge in [0.15, 0.2) is 5.75 Å². The smallest absolute Gasteiger partial charge is 0.333 e. The lowest BCUT2D eigenvalue weighted by atomic mass is 9.83. The summed E-state index contributed by atoms with van der Waals surface area (Å²) < 4.78 is 5.10. The minimum atomic E-state index is -0.371. The first-order valence-electron chi connectivity index (χ1n) is 7.73. The highest BCUT2D eigenvalue weighted by Crippen LogP contribution is 2.37.